The minimum atomic E-state index is 0.135. The molecule has 1 saturated heterocycles. The number of benzene rings is 1. The van der Waals surface area contributed by atoms with Gasteiger partial charge in [-0.15, -0.1) is 0 Å². The first-order valence-corrected chi connectivity index (χ1v) is 6.20. The van der Waals surface area contributed by atoms with Crippen LogP contribution < -0.4 is 5.73 Å². The molecule has 1 fully saturated rings. The quantitative estimate of drug-likeness (QED) is 0.803. The average molecular weight is 232 g/mol. The van der Waals surface area contributed by atoms with E-state index < -0.39 is 0 Å². The predicted molar refractivity (Wildman–Crippen MR) is 69.0 cm³/mol. The van der Waals surface area contributed by atoms with Crippen molar-refractivity contribution in [1.29, 1.82) is 0 Å². The lowest BCUT2D eigenvalue weighted by molar-refractivity contribution is 0.0707. The number of carbonyl (C=O) groups excluding carboxylic acids is 1. The van der Waals surface area contributed by atoms with Crippen LogP contribution in [-0.4, -0.2) is 29.9 Å². The monoisotopic (exact) mass is 232 g/mol. The third-order valence-corrected chi connectivity index (χ3v) is 3.44. The van der Waals surface area contributed by atoms with Crippen LogP contribution in [0.2, 0.25) is 0 Å². The second-order valence-electron chi connectivity index (χ2n) is 4.92. The van der Waals surface area contributed by atoms with Crippen LogP contribution in [0.4, 0.5) is 0 Å². The van der Waals surface area contributed by atoms with Gasteiger partial charge in [-0.1, -0.05) is 18.2 Å². The fourth-order valence-electron chi connectivity index (χ4n) is 2.50. The third-order valence-electron chi connectivity index (χ3n) is 3.44. The molecular formula is C14H20N2O. The summed E-state index contributed by atoms with van der Waals surface area (Å²) in [5.41, 5.74) is 8.87. The fraction of sp³-hybridized carbons (Fsp3) is 0.500. The van der Waals surface area contributed by atoms with Crippen LogP contribution in [0.1, 0.15) is 34.3 Å². The summed E-state index contributed by atoms with van der Waals surface area (Å²) in [6, 6.07) is 6.11. The molecule has 3 heteroatoms. The molecule has 17 heavy (non-hydrogen) atoms. The van der Waals surface area contributed by atoms with Crippen LogP contribution in [-0.2, 0) is 0 Å². The number of nitrogens with zero attached hydrogens (tertiary/aromatic N) is 1. The van der Waals surface area contributed by atoms with Gasteiger partial charge in [0.15, 0.2) is 0 Å². The number of hydrogen-bond donors (Lipinski definition) is 1. The Morgan fingerprint density at radius 2 is 2.00 bits per heavy atom. The van der Waals surface area contributed by atoms with Gasteiger partial charge in [-0.2, -0.15) is 0 Å². The number of nitrogens with two attached hydrogens (primary N) is 1. The van der Waals surface area contributed by atoms with Gasteiger partial charge in [0.05, 0.1) is 0 Å². The van der Waals surface area contributed by atoms with E-state index in [-0.39, 0.29) is 11.9 Å². The molecule has 3 nitrogen and oxygen atoms in total. The molecule has 1 aliphatic heterocycles. The Balaban J connectivity index is 2.24. The smallest absolute Gasteiger partial charge is 0.254 e. The summed E-state index contributed by atoms with van der Waals surface area (Å²) < 4.78 is 0. The maximum atomic E-state index is 12.5. The molecule has 0 bridgehead atoms. The van der Waals surface area contributed by atoms with E-state index >= 15 is 0 Å². The zero-order valence-corrected chi connectivity index (χ0v) is 10.6. The Morgan fingerprint density at radius 3 is 2.59 bits per heavy atom. The van der Waals surface area contributed by atoms with Gasteiger partial charge in [-0.05, 0) is 37.8 Å². The van der Waals surface area contributed by atoms with Crippen LogP contribution in [0.5, 0.6) is 0 Å². The number of piperidine rings is 1. The van der Waals surface area contributed by atoms with Crippen LogP contribution in [0, 0.1) is 13.8 Å². The topological polar surface area (TPSA) is 46.3 Å². The minimum Gasteiger partial charge on any atom is -0.337 e. The molecule has 1 aromatic rings. The molecule has 1 aromatic carbocycles. The summed E-state index contributed by atoms with van der Waals surface area (Å²) in [5.74, 6) is 0.135. The van der Waals surface area contributed by atoms with Gasteiger partial charge in [0.2, 0.25) is 0 Å². The van der Waals surface area contributed by atoms with E-state index in [0.29, 0.717) is 6.54 Å². The van der Waals surface area contributed by atoms with Crippen LogP contribution in [0.25, 0.3) is 0 Å². The van der Waals surface area contributed by atoms with E-state index in [1.54, 1.807) is 0 Å². The molecule has 92 valence electrons. The van der Waals surface area contributed by atoms with E-state index in [1.807, 2.05) is 36.9 Å². The highest BCUT2D eigenvalue weighted by Crippen LogP contribution is 2.18. The normalized spacial score (nSPS) is 20.4. The highest BCUT2D eigenvalue weighted by atomic mass is 16.2. The number of hydrogen-bond acceptors (Lipinski definition) is 2. The summed E-state index contributed by atoms with van der Waals surface area (Å²) in [5, 5.41) is 0. The predicted octanol–water partition coefficient (Wildman–Crippen LogP) is 1.87. The van der Waals surface area contributed by atoms with E-state index in [1.165, 1.54) is 0 Å². The first kappa shape index (κ1) is 12.1. The summed E-state index contributed by atoms with van der Waals surface area (Å²) in [4.78, 5) is 14.3. The van der Waals surface area contributed by atoms with Gasteiger partial charge < -0.3 is 10.6 Å². The van der Waals surface area contributed by atoms with Crippen molar-refractivity contribution in [2.24, 2.45) is 5.73 Å². The van der Waals surface area contributed by atoms with E-state index in [9.17, 15) is 4.79 Å². The molecule has 1 heterocycles. The Kier molecular flexibility index (Phi) is 3.48. The number of rotatable bonds is 1. The minimum absolute atomic E-state index is 0.135. The maximum absolute atomic E-state index is 12.5. The molecule has 2 rings (SSSR count). The average Bonchev–Trinajstić information content (AvgIpc) is 2.28. The largest absolute Gasteiger partial charge is 0.337 e. The highest BCUT2D eigenvalue weighted by Gasteiger charge is 2.24. The van der Waals surface area contributed by atoms with Gasteiger partial charge in [-0.3, -0.25) is 4.79 Å². The SMILES string of the molecule is Cc1cccc(C)c1C(=O)N1CCCC(N)C1. The number of aryl methyl sites for hydroxylation is 2. The van der Waals surface area contributed by atoms with E-state index in [2.05, 4.69) is 0 Å². The molecule has 0 aliphatic carbocycles. The van der Waals surface area contributed by atoms with E-state index in [0.717, 1.165) is 36.1 Å². The molecule has 0 radical (unpaired) electrons. The van der Waals surface area contributed by atoms with Crippen LogP contribution >= 0.6 is 0 Å². The zero-order valence-electron chi connectivity index (χ0n) is 10.6. The van der Waals surface area contributed by atoms with Gasteiger partial charge in [0.1, 0.15) is 0 Å². The lowest BCUT2D eigenvalue weighted by atomic mass is 9.99. The van der Waals surface area contributed by atoms with Crippen molar-refractivity contribution >= 4 is 5.91 Å². The Morgan fingerprint density at radius 1 is 1.35 bits per heavy atom. The molecule has 0 spiro atoms. The maximum Gasteiger partial charge on any atom is 0.254 e. The zero-order chi connectivity index (χ0) is 12.4. The number of amides is 1. The van der Waals surface area contributed by atoms with Crippen LogP contribution in [0.15, 0.2) is 18.2 Å². The number of likely N-dealkylation sites (tertiary alicyclic amines) is 1. The van der Waals surface area contributed by atoms with Crippen molar-refractivity contribution in [1.82, 2.24) is 4.90 Å². The molecular weight excluding hydrogens is 212 g/mol. The van der Waals surface area contributed by atoms with Crippen molar-refractivity contribution in [2.75, 3.05) is 13.1 Å². The van der Waals surface area contributed by atoms with Gasteiger partial charge >= 0.3 is 0 Å². The third kappa shape index (κ3) is 2.50. The second kappa shape index (κ2) is 4.88. The molecule has 0 saturated carbocycles. The molecule has 2 N–H and O–H groups in total. The molecule has 1 amide bonds. The molecule has 1 aliphatic rings. The molecule has 0 aromatic heterocycles. The summed E-state index contributed by atoms with van der Waals surface area (Å²) in [6.45, 7) is 5.50. The van der Waals surface area contributed by atoms with Gasteiger partial charge in [-0.25, -0.2) is 0 Å². The van der Waals surface area contributed by atoms with E-state index in [4.69, 9.17) is 5.73 Å². The van der Waals surface area contributed by atoms with Crippen molar-refractivity contribution in [3.05, 3.63) is 34.9 Å². The number of carbonyl (C=O) groups is 1. The first-order valence-electron chi connectivity index (χ1n) is 6.20. The Hall–Kier alpha value is -1.35. The second-order valence-corrected chi connectivity index (χ2v) is 4.92. The Bertz CT molecular complexity index is 408. The lowest BCUT2D eigenvalue weighted by Gasteiger charge is -2.31. The highest BCUT2D eigenvalue weighted by molar-refractivity contribution is 5.97. The molecule has 1 unspecified atom stereocenters. The van der Waals surface area contributed by atoms with Gasteiger partial charge in [0, 0.05) is 24.7 Å². The summed E-state index contributed by atoms with van der Waals surface area (Å²) in [7, 11) is 0. The van der Waals surface area contributed by atoms with Gasteiger partial charge in [0.25, 0.3) is 5.91 Å². The first-order chi connectivity index (χ1) is 8.09. The van der Waals surface area contributed by atoms with Crippen LogP contribution in [0.3, 0.4) is 0 Å². The lowest BCUT2D eigenvalue weighted by Crippen LogP contribution is -2.46. The summed E-state index contributed by atoms with van der Waals surface area (Å²) in [6.07, 6.45) is 2.04. The molecule has 1 atom stereocenters. The summed E-state index contributed by atoms with van der Waals surface area (Å²) >= 11 is 0. The fourth-order valence-corrected chi connectivity index (χ4v) is 2.50. The standard InChI is InChI=1S/C14H20N2O/c1-10-5-3-6-11(2)13(10)14(17)16-8-4-7-12(15)9-16/h3,5-6,12H,4,7-9,15H2,1-2H3. The Labute approximate surface area is 103 Å². The van der Waals surface area contributed by atoms with Crippen molar-refractivity contribution in [3.8, 4) is 0 Å². The van der Waals surface area contributed by atoms with Crippen molar-refractivity contribution in [2.45, 2.75) is 32.7 Å². The van der Waals surface area contributed by atoms with Crippen molar-refractivity contribution < 1.29 is 4.79 Å². The van der Waals surface area contributed by atoms with Crippen molar-refractivity contribution in [3.63, 3.8) is 0 Å².